The summed E-state index contributed by atoms with van der Waals surface area (Å²) >= 11 is 0. The van der Waals surface area contributed by atoms with Crippen LogP contribution in [0.25, 0.3) is 0 Å². The summed E-state index contributed by atoms with van der Waals surface area (Å²) in [5.74, 6) is 0. The summed E-state index contributed by atoms with van der Waals surface area (Å²) in [5.41, 5.74) is 0.373. The molecule has 0 bridgehead atoms. The summed E-state index contributed by atoms with van der Waals surface area (Å²) in [6.07, 6.45) is 1.38. The quantitative estimate of drug-likeness (QED) is 0.596. The molecule has 0 aliphatic rings. The lowest BCUT2D eigenvalue weighted by Crippen LogP contribution is -2.36. The Balaban J connectivity index is 3.17. The van der Waals surface area contributed by atoms with Crippen LogP contribution in [0.3, 0.4) is 0 Å². The Kier molecular flexibility index (Phi) is 5.48. The van der Waals surface area contributed by atoms with Gasteiger partial charge < -0.3 is 15.5 Å². The maximum atomic E-state index is 12.3. The van der Waals surface area contributed by atoms with Gasteiger partial charge in [0.05, 0.1) is 18.9 Å². The first-order chi connectivity index (χ1) is 8.57. The highest BCUT2D eigenvalue weighted by atomic mass is 32.2. The molecule has 0 fully saturated rings. The fourth-order valence-corrected chi connectivity index (χ4v) is 3.01. The molecule has 8 heteroatoms. The maximum absolute atomic E-state index is 12.3. The molecule has 7 nitrogen and oxygen atoms in total. The molecule has 102 valence electrons. The Morgan fingerprint density at radius 2 is 1.94 bits per heavy atom. The van der Waals surface area contributed by atoms with E-state index in [0.29, 0.717) is 5.69 Å². The zero-order valence-electron chi connectivity index (χ0n) is 10.1. The third-order valence-corrected chi connectivity index (χ3v) is 4.18. The highest BCUT2D eigenvalue weighted by Crippen LogP contribution is 2.21. The molecule has 0 aliphatic heterocycles. The van der Waals surface area contributed by atoms with Gasteiger partial charge in [0, 0.05) is 26.3 Å². The number of sulfonamides is 1. The number of aliphatic hydroxyl groups excluding tert-OH is 2. The molecule has 1 rings (SSSR count). The number of pyridine rings is 1. The monoisotopic (exact) mass is 275 g/mol. The topological polar surface area (TPSA) is 103 Å². The molecule has 0 atom stereocenters. The Morgan fingerprint density at radius 3 is 2.44 bits per heavy atom. The molecule has 1 aromatic rings. The number of aliphatic hydroxyl groups is 2. The van der Waals surface area contributed by atoms with Gasteiger partial charge in [-0.15, -0.1) is 0 Å². The molecule has 0 saturated heterocycles. The van der Waals surface area contributed by atoms with Crippen molar-refractivity contribution in [2.45, 2.75) is 5.03 Å². The molecule has 0 aromatic carbocycles. The van der Waals surface area contributed by atoms with E-state index < -0.39 is 10.0 Å². The molecule has 0 spiro atoms. The fourth-order valence-electron chi connectivity index (χ4n) is 1.48. The van der Waals surface area contributed by atoms with Gasteiger partial charge in [0.1, 0.15) is 0 Å². The van der Waals surface area contributed by atoms with Crippen LogP contribution in [0.2, 0.25) is 0 Å². The van der Waals surface area contributed by atoms with Crippen molar-refractivity contribution in [3.05, 3.63) is 18.3 Å². The molecule has 0 aliphatic carbocycles. The van der Waals surface area contributed by atoms with Crippen molar-refractivity contribution in [1.82, 2.24) is 9.29 Å². The van der Waals surface area contributed by atoms with Crippen molar-refractivity contribution < 1.29 is 18.6 Å². The van der Waals surface area contributed by atoms with Gasteiger partial charge in [-0.25, -0.2) is 13.4 Å². The second-order valence-electron chi connectivity index (χ2n) is 3.46. The van der Waals surface area contributed by atoms with Crippen LogP contribution >= 0.6 is 0 Å². The van der Waals surface area contributed by atoms with Gasteiger partial charge in [-0.05, 0) is 12.1 Å². The van der Waals surface area contributed by atoms with E-state index in [1.807, 2.05) is 0 Å². The van der Waals surface area contributed by atoms with E-state index in [1.54, 1.807) is 19.2 Å². The van der Waals surface area contributed by atoms with Crippen molar-refractivity contribution in [3.8, 4) is 0 Å². The minimum Gasteiger partial charge on any atom is -0.395 e. The lowest BCUT2D eigenvalue weighted by molar-refractivity contribution is 0.217. The van der Waals surface area contributed by atoms with E-state index in [4.69, 9.17) is 10.2 Å². The van der Waals surface area contributed by atoms with Crippen molar-refractivity contribution in [2.75, 3.05) is 38.7 Å². The van der Waals surface area contributed by atoms with Gasteiger partial charge in [0.25, 0.3) is 10.0 Å². The van der Waals surface area contributed by atoms with Crippen molar-refractivity contribution in [2.24, 2.45) is 0 Å². The minimum atomic E-state index is -3.83. The van der Waals surface area contributed by atoms with Crippen LogP contribution in [-0.2, 0) is 10.0 Å². The summed E-state index contributed by atoms with van der Waals surface area (Å²) in [5, 5.41) is 20.4. The molecule has 0 unspecified atom stereocenters. The lowest BCUT2D eigenvalue weighted by atomic mass is 10.4. The highest BCUT2D eigenvalue weighted by Gasteiger charge is 2.27. The number of nitrogens with zero attached hydrogens (tertiary/aromatic N) is 2. The summed E-state index contributed by atoms with van der Waals surface area (Å²) in [6, 6.07) is 3.21. The highest BCUT2D eigenvalue weighted by molar-refractivity contribution is 7.89. The molecule has 18 heavy (non-hydrogen) atoms. The van der Waals surface area contributed by atoms with Crippen molar-refractivity contribution in [3.63, 3.8) is 0 Å². The number of nitrogens with one attached hydrogen (secondary N) is 1. The van der Waals surface area contributed by atoms with E-state index in [2.05, 4.69) is 10.3 Å². The Morgan fingerprint density at radius 1 is 1.33 bits per heavy atom. The SMILES string of the molecule is CNc1cccnc1S(=O)(=O)N(CCO)CCO. The summed E-state index contributed by atoms with van der Waals surface area (Å²) < 4.78 is 25.6. The zero-order chi connectivity index (χ0) is 13.6. The smallest absolute Gasteiger partial charge is 0.262 e. The van der Waals surface area contributed by atoms with Crippen LogP contribution in [0.4, 0.5) is 5.69 Å². The minimum absolute atomic E-state index is 0.0807. The van der Waals surface area contributed by atoms with Gasteiger partial charge in [-0.1, -0.05) is 0 Å². The van der Waals surface area contributed by atoms with Crippen LogP contribution < -0.4 is 5.32 Å². The van der Waals surface area contributed by atoms with Gasteiger partial charge in [-0.2, -0.15) is 4.31 Å². The van der Waals surface area contributed by atoms with Crippen molar-refractivity contribution >= 4 is 15.7 Å². The number of hydrogen-bond acceptors (Lipinski definition) is 6. The standard InChI is InChI=1S/C10H17N3O4S/c1-11-9-3-2-4-12-10(9)18(16,17)13(5-7-14)6-8-15/h2-4,11,14-15H,5-8H2,1H3. The maximum Gasteiger partial charge on any atom is 0.262 e. The molecule has 1 heterocycles. The van der Waals surface area contributed by atoms with Gasteiger partial charge in [0.2, 0.25) is 0 Å². The molecule has 0 radical (unpaired) electrons. The summed E-state index contributed by atoms with van der Waals surface area (Å²) in [7, 11) is -2.23. The molecular weight excluding hydrogens is 258 g/mol. The molecular formula is C10H17N3O4S. The lowest BCUT2D eigenvalue weighted by Gasteiger charge is -2.20. The molecule has 0 saturated carbocycles. The third kappa shape index (κ3) is 3.16. The molecule has 1 aromatic heterocycles. The van der Waals surface area contributed by atoms with Gasteiger partial charge in [0.15, 0.2) is 5.03 Å². The number of anilines is 1. The zero-order valence-corrected chi connectivity index (χ0v) is 10.9. The van der Waals surface area contributed by atoms with Gasteiger partial charge >= 0.3 is 0 Å². The summed E-state index contributed by atoms with van der Waals surface area (Å²) in [4.78, 5) is 3.85. The first-order valence-corrected chi connectivity index (χ1v) is 6.86. The Hall–Kier alpha value is -1.22. The summed E-state index contributed by atoms with van der Waals surface area (Å²) in [6.45, 7) is -0.798. The van der Waals surface area contributed by atoms with E-state index in [0.717, 1.165) is 4.31 Å². The first-order valence-electron chi connectivity index (χ1n) is 5.42. The molecule has 3 N–H and O–H groups in total. The third-order valence-electron chi connectivity index (χ3n) is 2.32. The van der Waals surface area contributed by atoms with Crippen LogP contribution in [0, 0.1) is 0 Å². The predicted molar refractivity (Wildman–Crippen MR) is 66.7 cm³/mol. The second kappa shape index (κ2) is 6.64. The second-order valence-corrected chi connectivity index (χ2v) is 5.31. The first kappa shape index (κ1) is 14.8. The van der Waals surface area contributed by atoms with E-state index in [1.165, 1.54) is 6.20 Å². The van der Waals surface area contributed by atoms with Crippen LogP contribution in [-0.4, -0.2) is 61.3 Å². The normalized spacial score (nSPS) is 11.8. The van der Waals surface area contributed by atoms with Crippen molar-refractivity contribution in [1.29, 1.82) is 0 Å². The fraction of sp³-hybridized carbons (Fsp3) is 0.500. The van der Waals surface area contributed by atoms with Crippen LogP contribution in [0.15, 0.2) is 23.4 Å². The average molecular weight is 275 g/mol. The molecule has 0 amide bonds. The Bertz CT molecular complexity index is 472. The van der Waals surface area contributed by atoms with E-state index in [-0.39, 0.29) is 31.3 Å². The van der Waals surface area contributed by atoms with Crippen LogP contribution in [0.5, 0.6) is 0 Å². The number of aromatic nitrogens is 1. The van der Waals surface area contributed by atoms with Gasteiger partial charge in [-0.3, -0.25) is 0 Å². The number of hydrogen-bond donors (Lipinski definition) is 3. The average Bonchev–Trinajstić information content (AvgIpc) is 2.38. The van der Waals surface area contributed by atoms with Crippen LogP contribution in [0.1, 0.15) is 0 Å². The van der Waals surface area contributed by atoms with E-state index in [9.17, 15) is 8.42 Å². The Labute approximate surface area is 106 Å². The predicted octanol–water partition coefficient (Wildman–Crippen LogP) is -0.901. The largest absolute Gasteiger partial charge is 0.395 e. The van der Waals surface area contributed by atoms with E-state index >= 15 is 0 Å². The number of rotatable bonds is 7.